The summed E-state index contributed by atoms with van der Waals surface area (Å²) in [5.74, 6) is 0.185. The summed E-state index contributed by atoms with van der Waals surface area (Å²) in [7, 11) is 0. The molecule has 3 rings (SSSR count). The van der Waals surface area contributed by atoms with Crippen LogP contribution in [0, 0.1) is 0 Å². The number of hydrogen-bond donors (Lipinski definition) is 1. The maximum Gasteiger partial charge on any atom is 0.162 e. The summed E-state index contributed by atoms with van der Waals surface area (Å²) in [5, 5.41) is 10.6. The lowest BCUT2D eigenvalue weighted by molar-refractivity contribution is 0.0979. The van der Waals surface area contributed by atoms with Crippen LogP contribution in [0.2, 0.25) is 0 Å². The number of nitrogens with one attached hydrogen (secondary N) is 1. The number of ketones is 1. The summed E-state index contributed by atoms with van der Waals surface area (Å²) < 4.78 is 0. The number of benzene rings is 2. The fourth-order valence-electron chi connectivity index (χ4n) is 2.59. The van der Waals surface area contributed by atoms with Crippen LogP contribution in [-0.4, -0.2) is 21.2 Å². The third kappa shape index (κ3) is 3.58. The molecule has 112 valence electrons. The number of Topliss-reactive ketones (excluding diaryl/α,β-unsaturated/α-hetero) is 1. The van der Waals surface area contributed by atoms with Gasteiger partial charge in [0.1, 0.15) is 11.0 Å². The third-order valence-corrected chi connectivity index (χ3v) is 3.85. The monoisotopic (exact) mass is 293 g/mol. The van der Waals surface area contributed by atoms with Gasteiger partial charge in [0, 0.05) is 12.0 Å². The number of hydrogen-bond acceptors (Lipinski definition) is 3. The molecule has 0 saturated heterocycles. The van der Waals surface area contributed by atoms with E-state index in [9.17, 15) is 4.79 Å². The van der Waals surface area contributed by atoms with Gasteiger partial charge >= 0.3 is 0 Å². The molecule has 0 saturated carbocycles. The van der Waals surface area contributed by atoms with Gasteiger partial charge in [0.25, 0.3) is 0 Å². The molecule has 1 heterocycles. The number of aromatic amines is 1. The molecule has 4 nitrogen and oxygen atoms in total. The third-order valence-electron chi connectivity index (χ3n) is 3.85. The second-order valence-electron chi connectivity index (χ2n) is 5.50. The van der Waals surface area contributed by atoms with E-state index < -0.39 is 0 Å². The highest BCUT2D eigenvalue weighted by Gasteiger charge is 2.08. The predicted octanol–water partition coefficient (Wildman–Crippen LogP) is 3.94. The highest BCUT2D eigenvalue weighted by molar-refractivity contribution is 5.98. The number of nitrogens with zero attached hydrogens (tertiary/aromatic N) is 2. The maximum atomic E-state index is 12.2. The molecular formula is C18H19N3O. The van der Waals surface area contributed by atoms with Crippen LogP contribution >= 0.6 is 0 Å². The van der Waals surface area contributed by atoms with E-state index in [2.05, 4.69) is 39.7 Å². The van der Waals surface area contributed by atoms with Gasteiger partial charge in [0.15, 0.2) is 5.78 Å². The summed E-state index contributed by atoms with van der Waals surface area (Å²) in [5.41, 5.74) is 3.63. The van der Waals surface area contributed by atoms with Crippen LogP contribution < -0.4 is 0 Å². The van der Waals surface area contributed by atoms with Gasteiger partial charge in [0.05, 0.1) is 0 Å². The Morgan fingerprint density at radius 3 is 2.59 bits per heavy atom. The lowest BCUT2D eigenvalue weighted by Crippen LogP contribution is -1.99. The average Bonchev–Trinajstić information content (AvgIpc) is 3.03. The fourth-order valence-corrected chi connectivity index (χ4v) is 2.59. The van der Waals surface area contributed by atoms with Crippen LogP contribution in [0.15, 0.2) is 48.5 Å². The van der Waals surface area contributed by atoms with Crippen LogP contribution in [0.4, 0.5) is 0 Å². The molecule has 1 aromatic heterocycles. The number of fused-ring (bicyclic) bond motifs is 1. The number of carbonyl (C=O) groups is 1. The number of carbonyl (C=O) groups excluding carboxylic acids is 1. The Morgan fingerprint density at radius 1 is 0.909 bits per heavy atom. The smallest absolute Gasteiger partial charge is 0.162 e. The molecule has 0 atom stereocenters. The van der Waals surface area contributed by atoms with Gasteiger partial charge in [-0.05, 0) is 43.0 Å². The molecule has 3 aromatic rings. The van der Waals surface area contributed by atoms with E-state index in [4.69, 9.17) is 0 Å². The van der Waals surface area contributed by atoms with Crippen molar-refractivity contribution in [3.63, 3.8) is 0 Å². The van der Waals surface area contributed by atoms with Crippen molar-refractivity contribution >= 4 is 16.8 Å². The minimum absolute atomic E-state index is 0.185. The van der Waals surface area contributed by atoms with E-state index in [1.54, 1.807) is 0 Å². The first-order chi connectivity index (χ1) is 10.8. The number of aryl methyl sites for hydroxylation is 1. The largest absolute Gasteiger partial charge is 0.294 e. The molecule has 0 unspecified atom stereocenters. The summed E-state index contributed by atoms with van der Waals surface area (Å²) in [6.07, 6.45) is 4.81. The van der Waals surface area contributed by atoms with Crippen molar-refractivity contribution in [2.24, 2.45) is 0 Å². The van der Waals surface area contributed by atoms with E-state index in [-0.39, 0.29) is 5.78 Å². The first-order valence-electron chi connectivity index (χ1n) is 7.70. The van der Waals surface area contributed by atoms with Crippen molar-refractivity contribution in [3.8, 4) is 0 Å². The summed E-state index contributed by atoms with van der Waals surface area (Å²) in [6.45, 7) is 0. The van der Waals surface area contributed by atoms with Crippen molar-refractivity contribution < 1.29 is 4.79 Å². The molecule has 0 aliphatic heterocycles. The van der Waals surface area contributed by atoms with Crippen LogP contribution in [-0.2, 0) is 6.42 Å². The maximum absolute atomic E-state index is 12.2. The molecule has 1 N–H and O–H groups in total. The molecule has 0 aliphatic carbocycles. The lowest BCUT2D eigenvalue weighted by atomic mass is 10.0. The van der Waals surface area contributed by atoms with E-state index >= 15 is 0 Å². The summed E-state index contributed by atoms with van der Waals surface area (Å²) in [6, 6.07) is 16.0. The van der Waals surface area contributed by atoms with Crippen molar-refractivity contribution in [2.45, 2.75) is 32.1 Å². The van der Waals surface area contributed by atoms with E-state index in [0.29, 0.717) is 6.42 Å². The van der Waals surface area contributed by atoms with Gasteiger partial charge in [-0.3, -0.25) is 4.79 Å². The van der Waals surface area contributed by atoms with Crippen molar-refractivity contribution in [3.05, 3.63) is 59.7 Å². The van der Waals surface area contributed by atoms with E-state index in [0.717, 1.165) is 42.3 Å². The SMILES string of the molecule is O=C(CCCCCc1ccccc1)c1ccc2n[nH]nc2c1. The van der Waals surface area contributed by atoms with Crippen molar-refractivity contribution in [1.29, 1.82) is 0 Å². The summed E-state index contributed by atoms with van der Waals surface area (Å²) >= 11 is 0. The highest BCUT2D eigenvalue weighted by atomic mass is 16.1. The second kappa shape index (κ2) is 6.98. The first-order valence-corrected chi connectivity index (χ1v) is 7.70. The molecule has 0 amide bonds. The topological polar surface area (TPSA) is 58.6 Å². The number of aromatic nitrogens is 3. The van der Waals surface area contributed by atoms with Crippen LogP contribution in [0.3, 0.4) is 0 Å². The van der Waals surface area contributed by atoms with Crippen LogP contribution in [0.1, 0.15) is 41.6 Å². The number of H-pyrrole nitrogens is 1. The Morgan fingerprint density at radius 2 is 1.73 bits per heavy atom. The van der Waals surface area contributed by atoms with E-state index in [1.165, 1.54) is 5.56 Å². The van der Waals surface area contributed by atoms with Crippen LogP contribution in [0.5, 0.6) is 0 Å². The normalized spacial score (nSPS) is 10.9. The van der Waals surface area contributed by atoms with Gasteiger partial charge in [-0.1, -0.05) is 36.8 Å². The van der Waals surface area contributed by atoms with E-state index in [1.807, 2.05) is 24.3 Å². The zero-order valence-electron chi connectivity index (χ0n) is 12.5. The van der Waals surface area contributed by atoms with Crippen molar-refractivity contribution in [1.82, 2.24) is 15.4 Å². The minimum Gasteiger partial charge on any atom is -0.294 e. The Labute approximate surface area is 129 Å². The molecule has 0 bridgehead atoms. The zero-order chi connectivity index (χ0) is 15.2. The minimum atomic E-state index is 0.185. The average molecular weight is 293 g/mol. The van der Waals surface area contributed by atoms with Gasteiger partial charge < -0.3 is 0 Å². The van der Waals surface area contributed by atoms with Gasteiger partial charge in [-0.2, -0.15) is 15.4 Å². The van der Waals surface area contributed by atoms with Gasteiger partial charge in [0.2, 0.25) is 0 Å². The second-order valence-corrected chi connectivity index (χ2v) is 5.50. The molecule has 0 radical (unpaired) electrons. The quantitative estimate of drug-likeness (QED) is 0.530. The zero-order valence-corrected chi connectivity index (χ0v) is 12.5. The lowest BCUT2D eigenvalue weighted by Gasteiger charge is -2.02. The number of rotatable bonds is 7. The highest BCUT2D eigenvalue weighted by Crippen LogP contribution is 2.14. The molecule has 0 spiro atoms. The molecule has 0 aliphatic rings. The standard InChI is InChI=1S/C18H19N3O/c22-18(15-11-12-16-17(13-15)20-21-19-16)10-6-2-5-9-14-7-3-1-4-8-14/h1,3-4,7-8,11-13H,2,5-6,9-10H2,(H,19,20,21). The molecule has 4 heteroatoms. The summed E-state index contributed by atoms with van der Waals surface area (Å²) in [4.78, 5) is 12.2. The Bertz CT molecular complexity index is 749. The number of unbranched alkanes of at least 4 members (excludes halogenated alkanes) is 2. The molecule has 2 aromatic carbocycles. The Hall–Kier alpha value is -2.49. The molecule has 0 fully saturated rings. The van der Waals surface area contributed by atoms with Gasteiger partial charge in [-0.25, -0.2) is 0 Å². The van der Waals surface area contributed by atoms with Crippen LogP contribution in [0.25, 0.3) is 11.0 Å². The Balaban J connectivity index is 1.44. The van der Waals surface area contributed by atoms with Gasteiger partial charge in [-0.15, -0.1) is 0 Å². The fraction of sp³-hybridized carbons (Fsp3) is 0.278. The molecular weight excluding hydrogens is 274 g/mol. The predicted molar refractivity (Wildman–Crippen MR) is 86.8 cm³/mol. The molecule has 22 heavy (non-hydrogen) atoms. The first kappa shape index (κ1) is 14.4. The van der Waals surface area contributed by atoms with Crippen molar-refractivity contribution in [2.75, 3.05) is 0 Å². The Kier molecular flexibility index (Phi) is 4.59.